The van der Waals surface area contributed by atoms with Crippen LogP contribution in [0.3, 0.4) is 0 Å². The Bertz CT molecular complexity index is 979. The predicted molar refractivity (Wildman–Crippen MR) is 125 cm³/mol. The number of amides is 2. The molecule has 6 nitrogen and oxygen atoms in total. The summed E-state index contributed by atoms with van der Waals surface area (Å²) in [5.74, 6) is -0.407. The van der Waals surface area contributed by atoms with Gasteiger partial charge in [0.25, 0.3) is 5.91 Å². The third kappa shape index (κ3) is 5.62. The van der Waals surface area contributed by atoms with E-state index in [2.05, 4.69) is 22.3 Å². The van der Waals surface area contributed by atoms with Gasteiger partial charge in [-0.1, -0.05) is 47.5 Å². The Labute approximate surface area is 198 Å². The summed E-state index contributed by atoms with van der Waals surface area (Å²) in [4.78, 5) is 29.9. The van der Waals surface area contributed by atoms with E-state index in [1.165, 1.54) is 5.56 Å². The number of rotatable bonds is 6. The highest BCUT2D eigenvalue weighted by Gasteiger charge is 2.35. The van der Waals surface area contributed by atoms with Crippen LogP contribution in [0, 0.1) is 0 Å². The van der Waals surface area contributed by atoms with Gasteiger partial charge in [-0.3, -0.25) is 14.5 Å². The summed E-state index contributed by atoms with van der Waals surface area (Å²) in [5, 5.41) is 3.78. The molecule has 32 heavy (non-hydrogen) atoms. The largest absolute Gasteiger partial charge is 0.379 e. The van der Waals surface area contributed by atoms with E-state index in [1.54, 1.807) is 23.1 Å². The van der Waals surface area contributed by atoms with E-state index in [0.29, 0.717) is 35.1 Å². The number of nitrogens with one attached hydrogen (secondary N) is 1. The Morgan fingerprint density at radius 3 is 2.62 bits per heavy atom. The average Bonchev–Trinajstić information content (AvgIpc) is 3.30. The number of likely N-dealkylation sites (tertiary alicyclic amines) is 1. The summed E-state index contributed by atoms with van der Waals surface area (Å²) in [5.41, 5.74) is 2.58. The van der Waals surface area contributed by atoms with Crippen LogP contribution in [-0.4, -0.2) is 60.5 Å². The maximum Gasteiger partial charge on any atom is 0.256 e. The van der Waals surface area contributed by atoms with Crippen LogP contribution >= 0.6 is 23.2 Å². The first-order valence-electron chi connectivity index (χ1n) is 10.9. The van der Waals surface area contributed by atoms with Gasteiger partial charge in [-0.05, 0) is 42.2 Å². The molecule has 170 valence electrons. The summed E-state index contributed by atoms with van der Waals surface area (Å²) >= 11 is 12.2. The zero-order valence-corrected chi connectivity index (χ0v) is 19.4. The van der Waals surface area contributed by atoms with Crippen LogP contribution in [0.25, 0.3) is 0 Å². The Morgan fingerprint density at radius 1 is 1.03 bits per heavy atom. The van der Waals surface area contributed by atoms with Gasteiger partial charge < -0.3 is 15.0 Å². The lowest BCUT2D eigenvalue weighted by molar-refractivity contribution is -0.125. The second-order valence-corrected chi connectivity index (χ2v) is 9.05. The maximum absolute atomic E-state index is 13.0. The number of hydrogen-bond acceptors (Lipinski definition) is 4. The lowest BCUT2D eigenvalue weighted by Crippen LogP contribution is -2.45. The van der Waals surface area contributed by atoms with Gasteiger partial charge in [0.1, 0.15) is 6.04 Å². The van der Waals surface area contributed by atoms with Crippen LogP contribution in [0.15, 0.2) is 42.5 Å². The third-order valence-electron chi connectivity index (χ3n) is 5.94. The van der Waals surface area contributed by atoms with Gasteiger partial charge in [-0.15, -0.1) is 0 Å². The molecule has 0 spiro atoms. The van der Waals surface area contributed by atoms with Crippen molar-refractivity contribution < 1.29 is 14.3 Å². The molecule has 1 N–H and O–H groups in total. The molecule has 2 fully saturated rings. The number of carbonyl (C=O) groups excluding carboxylic acids is 2. The highest BCUT2D eigenvalue weighted by atomic mass is 35.5. The molecule has 1 unspecified atom stereocenters. The minimum Gasteiger partial charge on any atom is -0.379 e. The average molecular weight is 476 g/mol. The fraction of sp³-hybridized carbons (Fsp3) is 0.417. The van der Waals surface area contributed by atoms with Gasteiger partial charge in [-0.2, -0.15) is 0 Å². The number of morpholine rings is 1. The predicted octanol–water partition coefficient (Wildman–Crippen LogP) is 3.75. The van der Waals surface area contributed by atoms with Crippen molar-refractivity contribution in [1.82, 2.24) is 15.1 Å². The molecule has 2 aromatic carbocycles. The van der Waals surface area contributed by atoms with E-state index in [1.807, 2.05) is 12.1 Å². The molecule has 4 rings (SSSR count). The van der Waals surface area contributed by atoms with Crippen molar-refractivity contribution in [2.24, 2.45) is 0 Å². The molecule has 8 heteroatoms. The molecule has 0 bridgehead atoms. The SMILES string of the molecule is O=C(NCc1cccc(CN2CCOCC2)c1)C1CCCN1C(=O)c1cc(Cl)ccc1Cl. The van der Waals surface area contributed by atoms with Crippen molar-refractivity contribution in [3.63, 3.8) is 0 Å². The molecule has 0 aromatic heterocycles. The van der Waals surface area contributed by atoms with E-state index in [0.717, 1.165) is 44.8 Å². The van der Waals surface area contributed by atoms with Crippen molar-refractivity contribution in [2.45, 2.75) is 32.0 Å². The van der Waals surface area contributed by atoms with Crippen molar-refractivity contribution in [1.29, 1.82) is 0 Å². The molecule has 0 saturated carbocycles. The second-order valence-electron chi connectivity index (χ2n) is 8.21. The van der Waals surface area contributed by atoms with Gasteiger partial charge in [0.05, 0.1) is 23.8 Å². The molecule has 2 aliphatic rings. The van der Waals surface area contributed by atoms with Crippen LogP contribution in [0.5, 0.6) is 0 Å². The molecular formula is C24H27Cl2N3O3. The van der Waals surface area contributed by atoms with E-state index < -0.39 is 6.04 Å². The van der Waals surface area contributed by atoms with Crippen LogP contribution < -0.4 is 5.32 Å². The van der Waals surface area contributed by atoms with Crippen LogP contribution in [0.2, 0.25) is 10.0 Å². The van der Waals surface area contributed by atoms with Crippen LogP contribution in [0.1, 0.15) is 34.3 Å². The number of nitrogens with zero attached hydrogens (tertiary/aromatic N) is 2. The maximum atomic E-state index is 13.0. The first kappa shape index (κ1) is 23.1. The fourth-order valence-corrected chi connectivity index (χ4v) is 4.63. The second kappa shape index (κ2) is 10.7. The molecule has 2 heterocycles. The van der Waals surface area contributed by atoms with Crippen molar-refractivity contribution in [2.75, 3.05) is 32.8 Å². The summed E-state index contributed by atoms with van der Waals surface area (Å²) in [6.07, 6.45) is 1.41. The van der Waals surface area contributed by atoms with E-state index in [-0.39, 0.29) is 11.8 Å². The standard InChI is InChI=1S/C24H27Cl2N3O3/c25-19-6-7-21(26)20(14-19)24(31)29-8-2-5-22(29)23(30)27-15-17-3-1-4-18(13-17)16-28-9-11-32-12-10-28/h1,3-4,6-7,13-14,22H,2,5,8-12,15-16H2,(H,27,30). The molecular weight excluding hydrogens is 449 g/mol. The molecule has 1 atom stereocenters. The lowest BCUT2D eigenvalue weighted by atomic mass is 10.1. The molecule has 2 aromatic rings. The Morgan fingerprint density at radius 2 is 1.81 bits per heavy atom. The van der Waals surface area contributed by atoms with Gasteiger partial charge in [-0.25, -0.2) is 0 Å². The van der Waals surface area contributed by atoms with E-state index in [4.69, 9.17) is 27.9 Å². The zero-order valence-electron chi connectivity index (χ0n) is 17.9. The number of benzene rings is 2. The molecule has 2 amide bonds. The third-order valence-corrected chi connectivity index (χ3v) is 6.51. The molecule has 0 radical (unpaired) electrons. The monoisotopic (exact) mass is 475 g/mol. The summed E-state index contributed by atoms with van der Waals surface area (Å²) < 4.78 is 5.41. The summed E-state index contributed by atoms with van der Waals surface area (Å²) in [6.45, 7) is 5.23. The zero-order chi connectivity index (χ0) is 22.5. The molecule has 0 aliphatic carbocycles. The Kier molecular flexibility index (Phi) is 7.68. The smallest absolute Gasteiger partial charge is 0.256 e. The molecule has 2 aliphatic heterocycles. The van der Waals surface area contributed by atoms with Crippen LogP contribution in [0.4, 0.5) is 0 Å². The fourth-order valence-electron chi connectivity index (χ4n) is 4.26. The first-order valence-corrected chi connectivity index (χ1v) is 11.7. The quantitative estimate of drug-likeness (QED) is 0.690. The number of carbonyl (C=O) groups is 2. The highest BCUT2D eigenvalue weighted by Crippen LogP contribution is 2.26. The Balaban J connectivity index is 1.36. The normalized spacial score (nSPS) is 19.2. The minimum absolute atomic E-state index is 0.146. The highest BCUT2D eigenvalue weighted by molar-refractivity contribution is 6.35. The summed E-state index contributed by atoms with van der Waals surface area (Å²) in [7, 11) is 0. The number of hydrogen-bond donors (Lipinski definition) is 1. The van der Waals surface area contributed by atoms with Crippen molar-refractivity contribution in [3.05, 3.63) is 69.2 Å². The van der Waals surface area contributed by atoms with E-state index in [9.17, 15) is 9.59 Å². The number of halogens is 2. The van der Waals surface area contributed by atoms with Crippen molar-refractivity contribution in [3.8, 4) is 0 Å². The van der Waals surface area contributed by atoms with Crippen LogP contribution in [-0.2, 0) is 22.6 Å². The van der Waals surface area contributed by atoms with Gasteiger partial charge in [0.15, 0.2) is 0 Å². The summed E-state index contributed by atoms with van der Waals surface area (Å²) in [6, 6.07) is 12.5. The van der Waals surface area contributed by atoms with Gasteiger partial charge in [0, 0.05) is 37.7 Å². The minimum atomic E-state index is -0.505. The molecule has 2 saturated heterocycles. The van der Waals surface area contributed by atoms with Crippen molar-refractivity contribution >= 4 is 35.0 Å². The lowest BCUT2D eigenvalue weighted by Gasteiger charge is -2.26. The Hall–Kier alpha value is -2.12. The first-order chi connectivity index (χ1) is 15.5. The van der Waals surface area contributed by atoms with Gasteiger partial charge in [0.2, 0.25) is 5.91 Å². The van der Waals surface area contributed by atoms with E-state index >= 15 is 0 Å². The topological polar surface area (TPSA) is 61.9 Å². The number of ether oxygens (including phenoxy) is 1. The van der Waals surface area contributed by atoms with Gasteiger partial charge >= 0.3 is 0 Å².